The zero-order valence-corrected chi connectivity index (χ0v) is 9.19. The second kappa shape index (κ2) is 3.64. The smallest absolute Gasteiger partial charge is 0.134 e. The van der Waals surface area contributed by atoms with Gasteiger partial charge in [-0.05, 0) is 41.6 Å². The molecule has 0 aliphatic rings. The summed E-state index contributed by atoms with van der Waals surface area (Å²) in [5, 5.41) is 11.9. The fourth-order valence-electron chi connectivity index (χ4n) is 1.36. The van der Waals surface area contributed by atoms with Crippen LogP contribution in [0.5, 0.6) is 5.75 Å². The molecule has 14 heavy (non-hydrogen) atoms. The van der Waals surface area contributed by atoms with Crippen LogP contribution < -0.4 is 0 Å². The van der Waals surface area contributed by atoms with Crippen LogP contribution in [0.25, 0.3) is 11.1 Å². The van der Waals surface area contributed by atoms with Crippen molar-refractivity contribution >= 4 is 22.9 Å². The van der Waals surface area contributed by atoms with Crippen molar-refractivity contribution in [1.29, 1.82) is 0 Å². The lowest BCUT2D eigenvalue weighted by Gasteiger charge is -2.02. The summed E-state index contributed by atoms with van der Waals surface area (Å²) in [5.74, 6) is 0.134. The molecule has 2 aromatic rings. The molecule has 1 aromatic heterocycles. The third kappa shape index (κ3) is 1.63. The minimum absolute atomic E-state index is 0.134. The van der Waals surface area contributed by atoms with Gasteiger partial charge in [0.25, 0.3) is 0 Å². The van der Waals surface area contributed by atoms with Gasteiger partial charge in [0.2, 0.25) is 0 Å². The predicted molar refractivity (Wildman–Crippen MR) is 61.2 cm³/mol. The Labute approximate surface area is 91.6 Å². The zero-order valence-electron chi connectivity index (χ0n) is 7.62. The van der Waals surface area contributed by atoms with Crippen molar-refractivity contribution in [2.45, 2.75) is 6.92 Å². The molecular weight excluding hydrogens is 216 g/mol. The van der Waals surface area contributed by atoms with E-state index >= 15 is 0 Å². The van der Waals surface area contributed by atoms with E-state index in [4.69, 9.17) is 11.6 Å². The molecular formula is C11H9ClOS. The average molecular weight is 225 g/mol. The van der Waals surface area contributed by atoms with Crippen molar-refractivity contribution in [2.75, 3.05) is 0 Å². The highest BCUT2D eigenvalue weighted by Gasteiger charge is 2.05. The van der Waals surface area contributed by atoms with Crippen molar-refractivity contribution < 1.29 is 5.11 Å². The highest BCUT2D eigenvalue weighted by atomic mass is 35.5. The van der Waals surface area contributed by atoms with Gasteiger partial charge < -0.3 is 5.11 Å². The van der Waals surface area contributed by atoms with Crippen LogP contribution in [0.2, 0.25) is 5.02 Å². The second-order valence-corrected chi connectivity index (χ2v) is 4.58. The van der Waals surface area contributed by atoms with E-state index < -0.39 is 0 Å². The summed E-state index contributed by atoms with van der Waals surface area (Å²) in [4.78, 5) is 1.24. The Kier molecular flexibility index (Phi) is 2.48. The van der Waals surface area contributed by atoms with Gasteiger partial charge in [0.05, 0.1) is 5.02 Å². The molecule has 1 nitrogen and oxygen atoms in total. The molecule has 0 aliphatic carbocycles. The Morgan fingerprint density at radius 1 is 1.29 bits per heavy atom. The van der Waals surface area contributed by atoms with Crippen LogP contribution in [0.15, 0.2) is 29.6 Å². The summed E-state index contributed by atoms with van der Waals surface area (Å²) in [7, 11) is 0. The van der Waals surface area contributed by atoms with Gasteiger partial charge in [-0.2, -0.15) is 0 Å². The Morgan fingerprint density at radius 2 is 2.07 bits per heavy atom. The lowest BCUT2D eigenvalue weighted by Crippen LogP contribution is -1.77. The summed E-state index contributed by atoms with van der Waals surface area (Å²) in [5.41, 5.74) is 2.16. The van der Waals surface area contributed by atoms with Gasteiger partial charge in [-0.3, -0.25) is 0 Å². The molecule has 0 aliphatic heterocycles. The highest BCUT2D eigenvalue weighted by molar-refractivity contribution is 7.10. The number of halogens is 1. The van der Waals surface area contributed by atoms with E-state index in [1.54, 1.807) is 23.5 Å². The fraction of sp³-hybridized carbons (Fsp3) is 0.0909. The molecule has 0 saturated heterocycles. The Morgan fingerprint density at radius 3 is 2.64 bits per heavy atom. The molecule has 0 radical (unpaired) electrons. The number of phenolic OH excluding ortho intramolecular Hbond substituents is 1. The summed E-state index contributed by atoms with van der Waals surface area (Å²) in [6.07, 6.45) is 0. The number of thiophene rings is 1. The van der Waals surface area contributed by atoms with E-state index in [0.29, 0.717) is 5.02 Å². The number of aryl methyl sites for hydroxylation is 1. The molecule has 0 unspecified atom stereocenters. The largest absolute Gasteiger partial charge is 0.506 e. The number of rotatable bonds is 1. The van der Waals surface area contributed by atoms with E-state index in [-0.39, 0.29) is 5.75 Å². The maximum atomic E-state index is 9.46. The number of aromatic hydroxyl groups is 1. The first-order chi connectivity index (χ1) is 6.68. The molecule has 0 amide bonds. The molecule has 1 heterocycles. The van der Waals surface area contributed by atoms with Crippen molar-refractivity contribution in [2.24, 2.45) is 0 Å². The Balaban J connectivity index is 2.53. The Bertz CT molecular complexity index is 462. The summed E-state index contributed by atoms with van der Waals surface area (Å²) < 4.78 is 0. The molecule has 1 aromatic carbocycles. The summed E-state index contributed by atoms with van der Waals surface area (Å²) >= 11 is 7.43. The standard InChI is InChI=1S/C11H9ClOS/c1-7-9(4-5-14-7)8-2-3-10(12)11(13)6-8/h2-6,13H,1H3. The van der Waals surface area contributed by atoms with E-state index in [2.05, 4.69) is 6.92 Å². The van der Waals surface area contributed by atoms with Gasteiger partial charge in [-0.25, -0.2) is 0 Å². The summed E-state index contributed by atoms with van der Waals surface area (Å²) in [6.45, 7) is 2.06. The van der Waals surface area contributed by atoms with E-state index in [9.17, 15) is 5.11 Å². The van der Waals surface area contributed by atoms with Gasteiger partial charge in [-0.1, -0.05) is 17.7 Å². The van der Waals surface area contributed by atoms with Crippen LogP contribution in [-0.2, 0) is 0 Å². The lowest BCUT2D eigenvalue weighted by molar-refractivity contribution is 0.476. The molecule has 0 spiro atoms. The van der Waals surface area contributed by atoms with Crippen LogP contribution >= 0.6 is 22.9 Å². The van der Waals surface area contributed by atoms with Crippen molar-refractivity contribution in [3.8, 4) is 16.9 Å². The third-order valence-corrected chi connectivity index (χ3v) is 3.28. The quantitative estimate of drug-likeness (QED) is 0.774. The topological polar surface area (TPSA) is 20.2 Å². The van der Waals surface area contributed by atoms with Crippen LogP contribution in [0.1, 0.15) is 4.88 Å². The van der Waals surface area contributed by atoms with Crippen LogP contribution in [0, 0.1) is 6.92 Å². The van der Waals surface area contributed by atoms with Crippen LogP contribution in [-0.4, -0.2) is 5.11 Å². The lowest BCUT2D eigenvalue weighted by atomic mass is 10.1. The van der Waals surface area contributed by atoms with Gasteiger partial charge in [0, 0.05) is 4.88 Å². The van der Waals surface area contributed by atoms with E-state index in [1.807, 2.05) is 17.5 Å². The minimum atomic E-state index is 0.134. The van der Waals surface area contributed by atoms with Crippen molar-refractivity contribution in [3.05, 3.63) is 39.5 Å². The number of benzene rings is 1. The minimum Gasteiger partial charge on any atom is -0.506 e. The average Bonchev–Trinajstić information content (AvgIpc) is 2.57. The van der Waals surface area contributed by atoms with Crippen molar-refractivity contribution in [3.63, 3.8) is 0 Å². The van der Waals surface area contributed by atoms with Crippen molar-refractivity contribution in [1.82, 2.24) is 0 Å². The molecule has 72 valence electrons. The number of hydrogen-bond donors (Lipinski definition) is 1. The maximum absolute atomic E-state index is 9.46. The SMILES string of the molecule is Cc1sccc1-c1ccc(Cl)c(O)c1. The monoisotopic (exact) mass is 224 g/mol. The molecule has 0 saturated carbocycles. The first-order valence-electron chi connectivity index (χ1n) is 4.21. The fourth-order valence-corrected chi connectivity index (χ4v) is 2.20. The predicted octanol–water partition coefficient (Wildman–Crippen LogP) is 4.08. The van der Waals surface area contributed by atoms with Gasteiger partial charge >= 0.3 is 0 Å². The maximum Gasteiger partial charge on any atom is 0.134 e. The summed E-state index contributed by atoms with van der Waals surface area (Å²) in [6, 6.07) is 7.36. The van der Waals surface area contributed by atoms with Gasteiger partial charge in [0.1, 0.15) is 5.75 Å². The second-order valence-electron chi connectivity index (χ2n) is 3.06. The molecule has 3 heteroatoms. The number of hydrogen-bond acceptors (Lipinski definition) is 2. The molecule has 1 N–H and O–H groups in total. The molecule has 0 bridgehead atoms. The number of phenols is 1. The zero-order chi connectivity index (χ0) is 10.1. The highest BCUT2D eigenvalue weighted by Crippen LogP contribution is 2.32. The Hall–Kier alpha value is -0.990. The third-order valence-electron chi connectivity index (χ3n) is 2.12. The molecule has 0 atom stereocenters. The van der Waals surface area contributed by atoms with Crippen LogP contribution in [0.4, 0.5) is 0 Å². The van der Waals surface area contributed by atoms with Gasteiger partial charge in [-0.15, -0.1) is 11.3 Å². The molecule has 2 rings (SSSR count). The first kappa shape index (κ1) is 9.56. The van der Waals surface area contributed by atoms with E-state index in [1.165, 1.54) is 4.88 Å². The van der Waals surface area contributed by atoms with Crippen LogP contribution in [0.3, 0.4) is 0 Å². The molecule has 0 fully saturated rings. The normalized spacial score (nSPS) is 10.4. The van der Waals surface area contributed by atoms with E-state index in [0.717, 1.165) is 11.1 Å². The van der Waals surface area contributed by atoms with Gasteiger partial charge in [0.15, 0.2) is 0 Å². The first-order valence-corrected chi connectivity index (χ1v) is 5.47.